The molecule has 1 N–H and O–H groups in total. The van der Waals surface area contributed by atoms with Crippen LogP contribution in [0.4, 0.5) is 0 Å². The molecule has 2 aliphatic rings. The number of piperazine rings is 1. The van der Waals surface area contributed by atoms with Gasteiger partial charge in [0, 0.05) is 55.6 Å². The Bertz CT molecular complexity index is 857. The molecule has 154 valence electrons. The van der Waals surface area contributed by atoms with Gasteiger partial charge in [0.05, 0.1) is 6.54 Å². The second-order valence-electron chi connectivity index (χ2n) is 7.52. The average Bonchev–Trinajstić information content (AvgIpc) is 3.40. The SMILES string of the molecule is O=C(CN1CCN(C(=O)CCc2nc(-c3ccc(Cl)cc3)no2)CC1)NC1CC1. The van der Waals surface area contributed by atoms with Gasteiger partial charge in [-0.15, -0.1) is 0 Å². The first-order chi connectivity index (χ1) is 14.1. The van der Waals surface area contributed by atoms with Crippen LogP contribution in [0, 0.1) is 0 Å². The van der Waals surface area contributed by atoms with Gasteiger partial charge in [-0.25, -0.2) is 0 Å². The third-order valence-corrected chi connectivity index (χ3v) is 5.41. The summed E-state index contributed by atoms with van der Waals surface area (Å²) in [7, 11) is 0. The molecule has 2 amide bonds. The molecule has 2 aromatic rings. The highest BCUT2D eigenvalue weighted by molar-refractivity contribution is 6.30. The summed E-state index contributed by atoms with van der Waals surface area (Å²) in [5.41, 5.74) is 0.817. The predicted molar refractivity (Wildman–Crippen MR) is 107 cm³/mol. The molecule has 8 nitrogen and oxygen atoms in total. The van der Waals surface area contributed by atoms with E-state index in [1.165, 1.54) is 0 Å². The second-order valence-corrected chi connectivity index (χ2v) is 7.95. The number of carbonyl (C=O) groups is 2. The van der Waals surface area contributed by atoms with Crippen molar-refractivity contribution in [3.05, 3.63) is 35.2 Å². The number of hydrogen-bond donors (Lipinski definition) is 1. The van der Waals surface area contributed by atoms with E-state index in [1.807, 2.05) is 17.0 Å². The van der Waals surface area contributed by atoms with Gasteiger partial charge in [0.15, 0.2) is 0 Å². The van der Waals surface area contributed by atoms with Gasteiger partial charge in [-0.2, -0.15) is 4.98 Å². The summed E-state index contributed by atoms with van der Waals surface area (Å²) in [5, 5.41) is 7.61. The maximum absolute atomic E-state index is 12.5. The summed E-state index contributed by atoms with van der Waals surface area (Å²) >= 11 is 5.89. The number of halogens is 1. The van der Waals surface area contributed by atoms with Crippen LogP contribution in [0.25, 0.3) is 11.4 Å². The standard InChI is InChI=1S/C20H24ClN5O3/c21-15-3-1-14(2-4-15)20-23-18(29-24-20)7-8-19(28)26-11-9-25(10-12-26)13-17(27)22-16-5-6-16/h1-4,16H,5-13H2,(H,22,27). The summed E-state index contributed by atoms with van der Waals surface area (Å²) in [6, 6.07) is 7.58. The number of carbonyl (C=O) groups excluding carboxylic acids is 2. The van der Waals surface area contributed by atoms with Gasteiger partial charge >= 0.3 is 0 Å². The molecule has 9 heteroatoms. The van der Waals surface area contributed by atoms with Gasteiger partial charge in [-0.05, 0) is 37.1 Å². The van der Waals surface area contributed by atoms with Crippen LogP contribution in [0.2, 0.25) is 5.02 Å². The average molecular weight is 418 g/mol. The highest BCUT2D eigenvalue weighted by Gasteiger charge is 2.26. The maximum atomic E-state index is 12.5. The lowest BCUT2D eigenvalue weighted by atomic mass is 10.2. The van der Waals surface area contributed by atoms with E-state index in [2.05, 4.69) is 20.4 Å². The Morgan fingerprint density at radius 1 is 1.14 bits per heavy atom. The second kappa shape index (κ2) is 8.92. The topological polar surface area (TPSA) is 91.6 Å². The van der Waals surface area contributed by atoms with Gasteiger partial charge in [0.1, 0.15) is 0 Å². The van der Waals surface area contributed by atoms with Crippen molar-refractivity contribution in [2.75, 3.05) is 32.7 Å². The van der Waals surface area contributed by atoms with Crippen LogP contribution in [0.3, 0.4) is 0 Å². The van der Waals surface area contributed by atoms with Crippen LogP contribution >= 0.6 is 11.6 Å². The number of rotatable bonds is 7. The van der Waals surface area contributed by atoms with E-state index in [0.717, 1.165) is 18.4 Å². The predicted octanol–water partition coefficient (Wildman–Crippen LogP) is 1.75. The van der Waals surface area contributed by atoms with Crippen molar-refractivity contribution in [3.63, 3.8) is 0 Å². The Morgan fingerprint density at radius 3 is 2.55 bits per heavy atom. The molecule has 1 aliphatic carbocycles. The van der Waals surface area contributed by atoms with Crippen LogP contribution in [0.1, 0.15) is 25.2 Å². The molecule has 2 heterocycles. The third kappa shape index (κ3) is 5.55. The first-order valence-electron chi connectivity index (χ1n) is 9.95. The molecule has 0 unspecified atom stereocenters. The van der Waals surface area contributed by atoms with Crippen LogP contribution in [0.15, 0.2) is 28.8 Å². The number of hydrogen-bond acceptors (Lipinski definition) is 6. The Kier molecular flexibility index (Phi) is 6.10. The van der Waals surface area contributed by atoms with E-state index in [-0.39, 0.29) is 11.8 Å². The maximum Gasteiger partial charge on any atom is 0.234 e. The van der Waals surface area contributed by atoms with Gasteiger partial charge in [-0.3, -0.25) is 14.5 Å². The Labute approximate surface area is 174 Å². The quantitative estimate of drug-likeness (QED) is 0.737. The van der Waals surface area contributed by atoms with Gasteiger partial charge in [0.2, 0.25) is 23.5 Å². The number of benzene rings is 1. The highest BCUT2D eigenvalue weighted by Crippen LogP contribution is 2.20. The monoisotopic (exact) mass is 417 g/mol. The molecule has 1 aromatic carbocycles. The number of aromatic nitrogens is 2. The Morgan fingerprint density at radius 2 is 1.86 bits per heavy atom. The lowest BCUT2D eigenvalue weighted by Gasteiger charge is -2.34. The fraction of sp³-hybridized carbons (Fsp3) is 0.500. The van der Waals surface area contributed by atoms with Gasteiger partial charge in [-0.1, -0.05) is 16.8 Å². The van der Waals surface area contributed by atoms with E-state index in [1.54, 1.807) is 12.1 Å². The molecule has 1 saturated carbocycles. The van der Waals surface area contributed by atoms with E-state index in [0.29, 0.717) is 68.3 Å². The Hall–Kier alpha value is -2.45. The Balaban J connectivity index is 1.20. The minimum absolute atomic E-state index is 0.0679. The lowest BCUT2D eigenvalue weighted by molar-refractivity contribution is -0.133. The van der Waals surface area contributed by atoms with Crippen LogP contribution < -0.4 is 5.32 Å². The number of amides is 2. The normalized spacial score (nSPS) is 17.3. The minimum Gasteiger partial charge on any atom is -0.352 e. The van der Waals surface area contributed by atoms with Crippen molar-refractivity contribution in [3.8, 4) is 11.4 Å². The third-order valence-electron chi connectivity index (χ3n) is 5.16. The van der Waals surface area contributed by atoms with Gasteiger partial charge in [0.25, 0.3) is 0 Å². The number of nitrogens with zero attached hydrogens (tertiary/aromatic N) is 4. The first-order valence-corrected chi connectivity index (χ1v) is 10.3. The zero-order valence-corrected chi connectivity index (χ0v) is 16.9. The number of nitrogens with one attached hydrogen (secondary N) is 1. The first kappa shape index (κ1) is 19.8. The van der Waals surface area contributed by atoms with Crippen molar-refractivity contribution < 1.29 is 14.1 Å². The van der Waals surface area contributed by atoms with Crippen molar-refractivity contribution in [2.45, 2.75) is 31.7 Å². The summed E-state index contributed by atoms with van der Waals surface area (Å²) in [6.45, 7) is 3.11. The zero-order chi connectivity index (χ0) is 20.2. The molecule has 1 aliphatic heterocycles. The molecule has 0 bridgehead atoms. The van der Waals surface area contributed by atoms with E-state index >= 15 is 0 Å². The van der Waals surface area contributed by atoms with Gasteiger partial charge < -0.3 is 14.7 Å². The molecular formula is C20H24ClN5O3. The smallest absolute Gasteiger partial charge is 0.234 e. The molecule has 2 fully saturated rings. The molecule has 0 atom stereocenters. The summed E-state index contributed by atoms with van der Waals surface area (Å²) < 4.78 is 5.27. The summed E-state index contributed by atoms with van der Waals surface area (Å²) in [6.07, 6.45) is 2.92. The fourth-order valence-corrected chi connectivity index (χ4v) is 3.43. The minimum atomic E-state index is 0.0679. The van der Waals surface area contributed by atoms with Crippen LogP contribution in [-0.4, -0.2) is 70.5 Å². The van der Waals surface area contributed by atoms with E-state index in [9.17, 15) is 9.59 Å². The van der Waals surface area contributed by atoms with Crippen LogP contribution in [0.5, 0.6) is 0 Å². The largest absolute Gasteiger partial charge is 0.352 e. The van der Waals surface area contributed by atoms with Crippen molar-refractivity contribution in [2.24, 2.45) is 0 Å². The summed E-state index contributed by atoms with van der Waals surface area (Å²) in [4.78, 5) is 32.7. The molecule has 29 heavy (non-hydrogen) atoms. The van der Waals surface area contributed by atoms with Crippen molar-refractivity contribution in [1.82, 2.24) is 25.3 Å². The molecular weight excluding hydrogens is 394 g/mol. The number of aryl methyl sites for hydroxylation is 1. The molecule has 1 aromatic heterocycles. The molecule has 1 saturated heterocycles. The fourth-order valence-electron chi connectivity index (χ4n) is 3.30. The molecule has 0 spiro atoms. The summed E-state index contributed by atoms with van der Waals surface area (Å²) in [5.74, 6) is 1.08. The molecule has 4 rings (SSSR count). The van der Waals surface area contributed by atoms with E-state index in [4.69, 9.17) is 16.1 Å². The van der Waals surface area contributed by atoms with Crippen molar-refractivity contribution >= 4 is 23.4 Å². The highest BCUT2D eigenvalue weighted by atomic mass is 35.5. The van der Waals surface area contributed by atoms with Crippen molar-refractivity contribution in [1.29, 1.82) is 0 Å². The van der Waals surface area contributed by atoms with E-state index < -0.39 is 0 Å². The van der Waals surface area contributed by atoms with Crippen LogP contribution in [-0.2, 0) is 16.0 Å². The molecule has 0 radical (unpaired) electrons. The lowest BCUT2D eigenvalue weighted by Crippen LogP contribution is -2.51. The zero-order valence-electron chi connectivity index (χ0n) is 16.1.